The van der Waals surface area contributed by atoms with Gasteiger partial charge in [0.2, 0.25) is 0 Å². The van der Waals surface area contributed by atoms with Crippen LogP contribution in [-0.4, -0.2) is 26.1 Å². The van der Waals surface area contributed by atoms with Gasteiger partial charge >= 0.3 is 5.97 Å². The summed E-state index contributed by atoms with van der Waals surface area (Å²) in [6, 6.07) is 0. The molecule has 0 aliphatic heterocycles. The molecule has 0 aromatic carbocycles. The van der Waals surface area contributed by atoms with Crippen LogP contribution in [0.5, 0.6) is 0 Å². The summed E-state index contributed by atoms with van der Waals surface area (Å²) in [7, 11) is 0. The fourth-order valence-electron chi connectivity index (χ4n) is 1.72. The molecular weight excluding hydrogens is 182 g/mol. The van der Waals surface area contributed by atoms with Crippen molar-refractivity contribution in [3.05, 3.63) is 11.4 Å². The van der Waals surface area contributed by atoms with E-state index >= 15 is 0 Å². The molecule has 5 heteroatoms. The Hall–Kier alpha value is -1.39. The van der Waals surface area contributed by atoms with E-state index in [4.69, 9.17) is 5.11 Å². The number of rotatable bonds is 3. The molecule has 1 fully saturated rings. The molecule has 76 valence electrons. The third-order valence-corrected chi connectivity index (χ3v) is 2.76. The van der Waals surface area contributed by atoms with Gasteiger partial charge < -0.3 is 5.11 Å². The molecule has 1 heterocycles. The predicted molar refractivity (Wildman–Crippen MR) is 49.2 cm³/mol. The summed E-state index contributed by atoms with van der Waals surface area (Å²) in [5.41, 5.74) is 0.947. The van der Waals surface area contributed by atoms with E-state index in [1.807, 2.05) is 6.92 Å². The standard InChI is InChI=1S/C9H13N3O2/c1-2-12-8(9(13)14)7(10-11-12)6-4-3-5-6/h6H,2-5H2,1H3,(H,13,14). The Morgan fingerprint density at radius 3 is 2.79 bits per heavy atom. The highest BCUT2D eigenvalue weighted by Crippen LogP contribution is 2.36. The molecular formula is C9H13N3O2. The Labute approximate surface area is 81.7 Å². The second kappa shape index (κ2) is 3.40. The Bertz CT molecular complexity index is 355. The lowest BCUT2D eigenvalue weighted by atomic mass is 9.82. The summed E-state index contributed by atoms with van der Waals surface area (Å²) in [5.74, 6) is -0.597. The molecule has 1 aliphatic rings. The fraction of sp³-hybridized carbons (Fsp3) is 0.667. The first-order valence-corrected chi connectivity index (χ1v) is 4.90. The van der Waals surface area contributed by atoms with Gasteiger partial charge in [-0.05, 0) is 19.8 Å². The normalized spacial score (nSPS) is 16.6. The van der Waals surface area contributed by atoms with Gasteiger partial charge in [-0.25, -0.2) is 9.48 Å². The summed E-state index contributed by atoms with van der Waals surface area (Å²) in [6.07, 6.45) is 3.26. The molecule has 0 spiro atoms. The van der Waals surface area contributed by atoms with Gasteiger partial charge in [0.25, 0.3) is 0 Å². The number of hydrogen-bond acceptors (Lipinski definition) is 3. The van der Waals surface area contributed by atoms with Crippen molar-refractivity contribution in [3.8, 4) is 0 Å². The SMILES string of the molecule is CCn1nnc(C2CCC2)c1C(=O)O. The Kier molecular flexibility index (Phi) is 2.23. The fourth-order valence-corrected chi connectivity index (χ4v) is 1.72. The molecule has 0 amide bonds. The summed E-state index contributed by atoms with van der Waals surface area (Å²) >= 11 is 0. The molecule has 0 unspecified atom stereocenters. The third-order valence-electron chi connectivity index (χ3n) is 2.76. The van der Waals surface area contributed by atoms with Gasteiger partial charge in [0.05, 0.1) is 0 Å². The smallest absolute Gasteiger partial charge is 0.356 e. The van der Waals surface area contributed by atoms with Gasteiger partial charge in [-0.3, -0.25) is 0 Å². The summed E-state index contributed by atoms with van der Waals surface area (Å²) in [5, 5.41) is 16.8. The second-order valence-corrected chi connectivity index (χ2v) is 3.57. The predicted octanol–water partition coefficient (Wildman–Crippen LogP) is 1.26. The molecule has 0 saturated heterocycles. The van der Waals surface area contributed by atoms with Crippen LogP contribution in [0.1, 0.15) is 48.3 Å². The van der Waals surface area contributed by atoms with Crippen molar-refractivity contribution in [2.45, 2.75) is 38.6 Å². The van der Waals surface area contributed by atoms with Crippen molar-refractivity contribution in [1.29, 1.82) is 0 Å². The molecule has 1 saturated carbocycles. The van der Waals surface area contributed by atoms with Gasteiger partial charge in [0.15, 0.2) is 5.69 Å². The monoisotopic (exact) mass is 195 g/mol. The molecule has 0 radical (unpaired) electrons. The van der Waals surface area contributed by atoms with Crippen molar-refractivity contribution in [1.82, 2.24) is 15.0 Å². The summed E-state index contributed by atoms with van der Waals surface area (Å²) in [4.78, 5) is 11.0. The van der Waals surface area contributed by atoms with E-state index in [9.17, 15) is 4.79 Å². The average Bonchev–Trinajstić information content (AvgIpc) is 2.44. The molecule has 1 aromatic rings. The number of carbonyl (C=O) groups is 1. The molecule has 1 aliphatic carbocycles. The second-order valence-electron chi connectivity index (χ2n) is 3.57. The first kappa shape index (κ1) is 9.18. The lowest BCUT2D eigenvalue weighted by Gasteiger charge is -2.23. The molecule has 14 heavy (non-hydrogen) atoms. The van der Waals surface area contributed by atoms with Crippen LogP contribution in [0.3, 0.4) is 0 Å². The topological polar surface area (TPSA) is 68.0 Å². The van der Waals surface area contributed by atoms with Crippen molar-refractivity contribution in [2.75, 3.05) is 0 Å². The van der Waals surface area contributed by atoms with E-state index in [0.717, 1.165) is 12.8 Å². The number of aryl methyl sites for hydroxylation is 1. The van der Waals surface area contributed by atoms with E-state index in [2.05, 4.69) is 10.3 Å². The number of carboxylic acids is 1. The minimum Gasteiger partial charge on any atom is -0.476 e. The molecule has 1 aromatic heterocycles. The van der Waals surface area contributed by atoms with E-state index in [-0.39, 0.29) is 5.69 Å². The first-order valence-electron chi connectivity index (χ1n) is 4.90. The van der Waals surface area contributed by atoms with Gasteiger partial charge in [-0.1, -0.05) is 11.6 Å². The van der Waals surface area contributed by atoms with E-state index in [0.29, 0.717) is 18.2 Å². The number of aromatic nitrogens is 3. The highest BCUT2D eigenvalue weighted by molar-refractivity contribution is 5.87. The van der Waals surface area contributed by atoms with Gasteiger partial charge in [-0.15, -0.1) is 5.10 Å². The average molecular weight is 195 g/mol. The van der Waals surface area contributed by atoms with E-state index in [1.165, 1.54) is 11.1 Å². The largest absolute Gasteiger partial charge is 0.476 e. The van der Waals surface area contributed by atoms with Crippen LogP contribution < -0.4 is 0 Å². The highest BCUT2D eigenvalue weighted by atomic mass is 16.4. The number of nitrogens with zero attached hydrogens (tertiary/aromatic N) is 3. The number of carboxylic acid groups (broad SMARTS) is 1. The zero-order valence-corrected chi connectivity index (χ0v) is 8.10. The molecule has 0 bridgehead atoms. The van der Waals surface area contributed by atoms with Crippen LogP contribution in [0.25, 0.3) is 0 Å². The Balaban J connectivity index is 2.38. The first-order chi connectivity index (χ1) is 6.74. The van der Waals surface area contributed by atoms with Gasteiger partial charge in [0, 0.05) is 12.5 Å². The van der Waals surface area contributed by atoms with Crippen molar-refractivity contribution >= 4 is 5.97 Å². The van der Waals surface area contributed by atoms with Crippen LogP contribution in [-0.2, 0) is 6.54 Å². The van der Waals surface area contributed by atoms with Crippen molar-refractivity contribution in [2.24, 2.45) is 0 Å². The lowest BCUT2D eigenvalue weighted by molar-refractivity contribution is 0.0680. The van der Waals surface area contributed by atoms with Crippen LogP contribution in [0.4, 0.5) is 0 Å². The summed E-state index contributed by atoms with van der Waals surface area (Å²) < 4.78 is 1.45. The third kappa shape index (κ3) is 1.29. The number of hydrogen-bond donors (Lipinski definition) is 1. The molecule has 1 N–H and O–H groups in total. The summed E-state index contributed by atoms with van der Waals surface area (Å²) in [6.45, 7) is 2.42. The quantitative estimate of drug-likeness (QED) is 0.788. The van der Waals surface area contributed by atoms with Crippen molar-refractivity contribution < 1.29 is 9.90 Å². The maximum atomic E-state index is 11.0. The maximum absolute atomic E-state index is 11.0. The van der Waals surface area contributed by atoms with Crippen LogP contribution >= 0.6 is 0 Å². The Morgan fingerprint density at radius 2 is 2.36 bits per heavy atom. The van der Waals surface area contributed by atoms with E-state index in [1.54, 1.807) is 0 Å². The zero-order valence-electron chi connectivity index (χ0n) is 8.10. The Morgan fingerprint density at radius 1 is 1.64 bits per heavy atom. The molecule has 5 nitrogen and oxygen atoms in total. The minimum absolute atomic E-state index is 0.275. The van der Waals surface area contributed by atoms with Gasteiger partial charge in [0.1, 0.15) is 5.69 Å². The van der Waals surface area contributed by atoms with Crippen molar-refractivity contribution in [3.63, 3.8) is 0 Å². The van der Waals surface area contributed by atoms with Gasteiger partial charge in [-0.2, -0.15) is 0 Å². The van der Waals surface area contributed by atoms with Crippen LogP contribution in [0.2, 0.25) is 0 Å². The van der Waals surface area contributed by atoms with Crippen LogP contribution in [0, 0.1) is 0 Å². The highest BCUT2D eigenvalue weighted by Gasteiger charge is 2.29. The number of aromatic carboxylic acids is 1. The molecule has 0 atom stereocenters. The van der Waals surface area contributed by atoms with Crippen LogP contribution in [0.15, 0.2) is 0 Å². The zero-order chi connectivity index (χ0) is 10.1. The maximum Gasteiger partial charge on any atom is 0.356 e. The lowest BCUT2D eigenvalue weighted by Crippen LogP contribution is -2.16. The van der Waals surface area contributed by atoms with E-state index < -0.39 is 5.97 Å². The molecule has 2 rings (SSSR count). The minimum atomic E-state index is -0.918.